The van der Waals surface area contributed by atoms with Crippen molar-refractivity contribution in [3.05, 3.63) is 114 Å². The lowest BCUT2D eigenvalue weighted by Crippen LogP contribution is -2.04. The van der Waals surface area contributed by atoms with Crippen molar-refractivity contribution in [2.45, 2.75) is 107 Å². The maximum absolute atomic E-state index is 6.48. The minimum atomic E-state index is 0.898. The Labute approximate surface area is 285 Å². The fourth-order valence-electron chi connectivity index (χ4n) is 7.23. The summed E-state index contributed by atoms with van der Waals surface area (Å²) in [7, 11) is 0. The van der Waals surface area contributed by atoms with Crippen LogP contribution in [-0.4, -0.2) is 0 Å². The summed E-state index contributed by atoms with van der Waals surface area (Å²) in [6.07, 6.45) is 32.0. The largest absolute Gasteiger partial charge is 0.457 e. The fraction of sp³-hybridized carbons (Fsp3) is 0.364. The average molecular weight is 645 g/mol. The van der Waals surface area contributed by atoms with Crippen LogP contribution in [0, 0.1) is 0 Å². The molecule has 0 saturated carbocycles. The Bertz CT molecular complexity index is 1810. The zero-order valence-electron chi connectivity index (χ0n) is 30.2. The molecule has 0 amide bonds. The molecule has 0 saturated heterocycles. The number of hydrogen-bond donors (Lipinski definition) is 0. The first-order chi connectivity index (χ1) is 23.5. The van der Waals surface area contributed by atoms with Gasteiger partial charge in [0.2, 0.25) is 0 Å². The van der Waals surface area contributed by atoms with Gasteiger partial charge in [0, 0.05) is 44.5 Å². The minimum absolute atomic E-state index is 0.898. The van der Waals surface area contributed by atoms with Crippen molar-refractivity contribution in [3.63, 3.8) is 0 Å². The summed E-state index contributed by atoms with van der Waals surface area (Å²) in [4.78, 5) is 0. The molecule has 0 atom stereocenters. The van der Waals surface area contributed by atoms with Gasteiger partial charge in [-0.25, -0.2) is 0 Å². The topological polar surface area (TPSA) is 52.6 Å². The summed E-state index contributed by atoms with van der Waals surface area (Å²) in [5.41, 5.74) is 13.6. The van der Waals surface area contributed by atoms with Gasteiger partial charge in [0.25, 0.3) is 0 Å². The maximum atomic E-state index is 6.48. The highest BCUT2D eigenvalue weighted by Gasteiger charge is 2.16. The Morgan fingerprint density at radius 3 is 0.688 bits per heavy atom. The van der Waals surface area contributed by atoms with Crippen LogP contribution in [-0.2, 0) is 51.4 Å². The van der Waals surface area contributed by atoms with Gasteiger partial charge in [-0.3, -0.25) is 0 Å². The van der Waals surface area contributed by atoms with Gasteiger partial charge in [0.05, 0.1) is 0 Å². The third-order valence-electron chi connectivity index (χ3n) is 9.53. The molecule has 4 aromatic heterocycles. The molecule has 4 heteroatoms. The fourth-order valence-corrected chi connectivity index (χ4v) is 7.23. The molecule has 1 aliphatic rings. The van der Waals surface area contributed by atoms with Gasteiger partial charge < -0.3 is 17.7 Å². The Morgan fingerprint density at radius 2 is 0.500 bits per heavy atom. The smallest absolute Gasteiger partial charge is 0.131 e. The van der Waals surface area contributed by atoms with E-state index in [4.69, 9.17) is 17.7 Å². The number of hydrogen-bond acceptors (Lipinski definition) is 4. The average Bonchev–Trinajstić information content (AvgIpc) is 3.83. The molecule has 1 aliphatic heterocycles. The molecule has 5 rings (SSSR count). The molecule has 0 spiro atoms. The van der Waals surface area contributed by atoms with Crippen molar-refractivity contribution in [2.24, 2.45) is 0 Å². The quantitative estimate of drug-likeness (QED) is 0.192. The normalized spacial score (nSPS) is 18.7. The number of allylic oxidation sites excluding steroid dienone is 4. The third kappa shape index (κ3) is 6.90. The summed E-state index contributed by atoms with van der Waals surface area (Å²) >= 11 is 0. The van der Waals surface area contributed by atoms with Crippen LogP contribution >= 0.6 is 0 Å². The van der Waals surface area contributed by atoms with Crippen molar-refractivity contribution in [1.82, 2.24) is 0 Å². The van der Waals surface area contributed by atoms with Crippen molar-refractivity contribution in [2.75, 3.05) is 0 Å². The highest BCUT2D eigenvalue weighted by molar-refractivity contribution is 5.66. The monoisotopic (exact) mass is 644 g/mol. The molecule has 0 fully saturated rings. The maximum Gasteiger partial charge on any atom is 0.131 e. The van der Waals surface area contributed by atoms with E-state index in [-0.39, 0.29) is 0 Å². The summed E-state index contributed by atoms with van der Waals surface area (Å²) in [5.74, 6) is 3.59. The van der Waals surface area contributed by atoms with Crippen LogP contribution < -0.4 is 21.7 Å². The highest BCUT2D eigenvalue weighted by atomic mass is 16.3. The molecule has 0 radical (unpaired) electrons. The van der Waals surface area contributed by atoms with E-state index in [9.17, 15) is 0 Å². The summed E-state index contributed by atoms with van der Waals surface area (Å²) in [6, 6.07) is 0. The van der Waals surface area contributed by atoms with E-state index in [2.05, 4.69) is 128 Å². The van der Waals surface area contributed by atoms with E-state index in [1.807, 2.05) is 0 Å². The van der Waals surface area contributed by atoms with Crippen molar-refractivity contribution < 1.29 is 17.7 Å². The van der Waals surface area contributed by atoms with Crippen LogP contribution in [0.1, 0.15) is 123 Å². The molecule has 48 heavy (non-hydrogen) atoms. The molecule has 0 N–H and O–H groups in total. The molecule has 4 aromatic rings. The minimum Gasteiger partial charge on any atom is -0.457 e. The zero-order valence-corrected chi connectivity index (χ0v) is 30.2. The number of fused-ring (bicyclic) bond motifs is 8. The molecule has 0 aromatic carbocycles. The standard InChI is InChI=1S/C44H52O4/c1-9-29-30(10-2)38-22-18-24-40-33(13-5)34(14-6)42(47-40)26-20-28-44-36(16-8)35(15-7)43(48-44)27-19-25-41-32(12-4)31(11-3)39(46-41)23-17-21-37(29)45-38/h17-28H,9-16H2,1-8H3/b21-17-,22-18-,23-17?,24-18?,25-19?,26-20?,27-19-,28-20-,37-21?,38-22?,39-23-,40-24+,41-25-,42-26+,43-27?,44-28?. The van der Waals surface area contributed by atoms with Crippen molar-refractivity contribution in [3.8, 4) is 0 Å². The lowest BCUT2D eigenvalue weighted by molar-refractivity contribution is 0.496. The van der Waals surface area contributed by atoms with E-state index >= 15 is 0 Å². The Morgan fingerprint density at radius 1 is 0.292 bits per heavy atom. The Balaban J connectivity index is 1.75. The molecule has 4 nitrogen and oxygen atoms in total. The number of furan rings is 4. The van der Waals surface area contributed by atoms with Crippen molar-refractivity contribution in [1.29, 1.82) is 0 Å². The van der Waals surface area contributed by atoms with E-state index in [0.717, 1.165) is 96.1 Å². The van der Waals surface area contributed by atoms with Gasteiger partial charge in [-0.15, -0.1) is 0 Å². The van der Waals surface area contributed by atoms with E-state index < -0.39 is 0 Å². The first-order valence-corrected chi connectivity index (χ1v) is 18.1. The van der Waals surface area contributed by atoms with Crippen LogP contribution in [0.3, 0.4) is 0 Å². The second-order valence-corrected chi connectivity index (χ2v) is 12.1. The van der Waals surface area contributed by atoms with Gasteiger partial charge in [-0.2, -0.15) is 0 Å². The first kappa shape index (κ1) is 34.9. The predicted octanol–water partition coefficient (Wildman–Crippen LogP) is 8.85. The van der Waals surface area contributed by atoms with Gasteiger partial charge in [0.15, 0.2) is 0 Å². The SMILES string of the molecule is CCc1c2oc(c1CC)/C=C\C=c1\o/c(c(CC)c1CC)=C/C=C\c1oc(c(CC)c1CC)/C=C\C=c1/o/c(c(CC)c1CC)=C\C=C/2. The van der Waals surface area contributed by atoms with Crippen LogP contribution in [0.4, 0.5) is 0 Å². The molecule has 252 valence electrons. The summed E-state index contributed by atoms with van der Waals surface area (Å²) in [6.45, 7) is 17.5. The summed E-state index contributed by atoms with van der Waals surface area (Å²) in [5, 5.41) is 0. The Hall–Kier alpha value is -4.44. The van der Waals surface area contributed by atoms with Gasteiger partial charge >= 0.3 is 0 Å². The molecular formula is C44H52O4. The molecule has 8 bridgehead atoms. The number of rotatable bonds is 8. The van der Waals surface area contributed by atoms with Gasteiger partial charge in [-0.1, -0.05) is 79.7 Å². The van der Waals surface area contributed by atoms with Crippen LogP contribution in [0.15, 0.2) is 42.0 Å². The molecular weight excluding hydrogens is 592 g/mol. The van der Waals surface area contributed by atoms with Crippen LogP contribution in [0.25, 0.3) is 48.6 Å². The van der Waals surface area contributed by atoms with Crippen molar-refractivity contribution >= 4 is 48.6 Å². The second-order valence-electron chi connectivity index (χ2n) is 12.1. The molecule has 0 aliphatic carbocycles. The van der Waals surface area contributed by atoms with E-state index in [1.54, 1.807) is 0 Å². The first-order valence-electron chi connectivity index (χ1n) is 18.1. The van der Waals surface area contributed by atoms with Gasteiger partial charge in [0.1, 0.15) is 44.7 Å². The van der Waals surface area contributed by atoms with E-state index in [0.29, 0.717) is 0 Å². The molecule has 0 unspecified atom stereocenters. The third-order valence-corrected chi connectivity index (χ3v) is 9.53. The second kappa shape index (κ2) is 16.1. The van der Waals surface area contributed by atoms with Gasteiger partial charge in [-0.05, 0) is 100.0 Å². The Kier molecular flexibility index (Phi) is 11.7. The lowest BCUT2D eigenvalue weighted by atomic mass is 10.0. The zero-order chi connectivity index (χ0) is 34.2. The predicted molar refractivity (Wildman–Crippen MR) is 202 cm³/mol. The lowest BCUT2D eigenvalue weighted by Gasteiger charge is -1.98. The van der Waals surface area contributed by atoms with Crippen LogP contribution in [0.2, 0.25) is 0 Å². The highest BCUT2D eigenvalue weighted by Crippen LogP contribution is 2.28. The van der Waals surface area contributed by atoms with E-state index in [1.165, 1.54) is 44.5 Å². The van der Waals surface area contributed by atoms with Crippen LogP contribution in [0.5, 0.6) is 0 Å². The summed E-state index contributed by atoms with van der Waals surface area (Å²) < 4.78 is 25.9. The molecule has 5 heterocycles.